The predicted octanol–water partition coefficient (Wildman–Crippen LogP) is 3.43. The van der Waals surface area contributed by atoms with E-state index >= 15 is 0 Å². The lowest BCUT2D eigenvalue weighted by molar-refractivity contribution is -0.137. The van der Waals surface area contributed by atoms with Crippen LogP contribution in [0.1, 0.15) is 56.3 Å². The molecule has 0 saturated heterocycles. The number of rotatable bonds is 8. The Bertz CT molecular complexity index is 954. The second kappa shape index (κ2) is 7.44. The number of aromatic nitrogens is 4. The summed E-state index contributed by atoms with van der Waals surface area (Å²) in [4.78, 5) is 19.3. The number of alkyl halides is 3. The van der Waals surface area contributed by atoms with Crippen LogP contribution in [0.3, 0.4) is 0 Å². The lowest BCUT2D eigenvalue weighted by atomic mass is 10.1. The summed E-state index contributed by atoms with van der Waals surface area (Å²) in [5, 5.41) is 10.4. The highest BCUT2D eigenvalue weighted by molar-refractivity contribution is 5.77. The number of amides is 1. The van der Waals surface area contributed by atoms with Crippen LogP contribution < -0.4 is 16.4 Å². The van der Waals surface area contributed by atoms with Crippen molar-refractivity contribution in [1.82, 2.24) is 19.7 Å². The molecule has 2 fully saturated rings. The second-order valence-electron chi connectivity index (χ2n) is 7.95. The van der Waals surface area contributed by atoms with E-state index in [4.69, 9.17) is 5.73 Å². The highest BCUT2D eigenvalue weighted by atomic mass is 19.4. The molecule has 0 aromatic carbocycles. The fraction of sp³-hybridized carbons (Fsp3) is 0.579. The van der Waals surface area contributed by atoms with Gasteiger partial charge in [0.15, 0.2) is 0 Å². The maximum Gasteiger partial charge on any atom is 0.421 e. The first-order valence-corrected chi connectivity index (χ1v) is 10.0. The van der Waals surface area contributed by atoms with Crippen molar-refractivity contribution >= 4 is 23.4 Å². The zero-order chi connectivity index (χ0) is 21.6. The van der Waals surface area contributed by atoms with Gasteiger partial charge in [0.25, 0.3) is 0 Å². The molecule has 0 aliphatic heterocycles. The van der Waals surface area contributed by atoms with Crippen molar-refractivity contribution in [3.05, 3.63) is 23.7 Å². The largest absolute Gasteiger partial charge is 0.421 e. The molecule has 4 rings (SSSR count). The Hall–Kier alpha value is -2.85. The minimum Gasteiger partial charge on any atom is -0.370 e. The summed E-state index contributed by atoms with van der Waals surface area (Å²) in [5.74, 6) is -0.309. The Morgan fingerprint density at radius 1 is 1.40 bits per heavy atom. The second-order valence-corrected chi connectivity index (χ2v) is 7.95. The van der Waals surface area contributed by atoms with E-state index in [-0.39, 0.29) is 35.6 Å². The number of nitrogens with zero attached hydrogens (tertiary/aromatic N) is 4. The monoisotopic (exact) mass is 423 g/mol. The molecule has 2 aromatic rings. The van der Waals surface area contributed by atoms with Crippen LogP contribution in [0.5, 0.6) is 0 Å². The summed E-state index contributed by atoms with van der Waals surface area (Å²) in [5.41, 5.74) is 6.03. The Morgan fingerprint density at radius 3 is 2.73 bits per heavy atom. The Kier molecular flexibility index (Phi) is 5.07. The molecule has 2 saturated carbocycles. The summed E-state index contributed by atoms with van der Waals surface area (Å²) >= 11 is 0. The average molecular weight is 423 g/mol. The van der Waals surface area contributed by atoms with Gasteiger partial charge in [0, 0.05) is 30.8 Å². The third-order valence-electron chi connectivity index (χ3n) is 5.64. The molecule has 4 N–H and O–H groups in total. The van der Waals surface area contributed by atoms with Crippen LogP contribution in [0.4, 0.5) is 30.6 Å². The lowest BCUT2D eigenvalue weighted by Gasteiger charge is -2.13. The SMILES string of the molecule is CCNc1nc(Nc2cn([C@@H]3CC3[C@H](C)C(N)=O)nc2C2CC2)ncc1C(F)(F)F. The molecule has 3 atom stereocenters. The van der Waals surface area contributed by atoms with Gasteiger partial charge in [-0.15, -0.1) is 0 Å². The molecule has 2 aromatic heterocycles. The van der Waals surface area contributed by atoms with Gasteiger partial charge in [-0.05, 0) is 32.1 Å². The summed E-state index contributed by atoms with van der Waals surface area (Å²) in [6.45, 7) is 3.81. The molecule has 8 nitrogen and oxygen atoms in total. The molecule has 2 aliphatic rings. The van der Waals surface area contributed by atoms with Gasteiger partial charge in [-0.2, -0.15) is 23.3 Å². The normalized spacial score (nSPS) is 21.9. The molecule has 0 radical (unpaired) electrons. The van der Waals surface area contributed by atoms with Crippen LogP contribution in [0, 0.1) is 11.8 Å². The van der Waals surface area contributed by atoms with Crippen molar-refractivity contribution in [3.63, 3.8) is 0 Å². The molecule has 0 spiro atoms. The molecule has 0 bridgehead atoms. The Morgan fingerprint density at radius 2 is 2.13 bits per heavy atom. The maximum absolute atomic E-state index is 13.2. The summed E-state index contributed by atoms with van der Waals surface area (Å²) < 4.78 is 41.4. The number of anilines is 3. The van der Waals surface area contributed by atoms with Gasteiger partial charge >= 0.3 is 6.18 Å². The third kappa shape index (κ3) is 4.05. The van der Waals surface area contributed by atoms with Crippen LogP contribution in [-0.4, -0.2) is 32.2 Å². The molecule has 2 aliphatic carbocycles. The first kappa shape index (κ1) is 20.4. The first-order valence-electron chi connectivity index (χ1n) is 10.0. The van der Waals surface area contributed by atoms with E-state index in [9.17, 15) is 18.0 Å². The summed E-state index contributed by atoms with van der Waals surface area (Å²) in [6.07, 6.45) is 0.886. The Balaban J connectivity index is 1.58. The van der Waals surface area contributed by atoms with Gasteiger partial charge in [-0.1, -0.05) is 6.92 Å². The van der Waals surface area contributed by atoms with E-state index in [0.29, 0.717) is 18.2 Å². The van der Waals surface area contributed by atoms with E-state index in [1.807, 2.05) is 17.8 Å². The van der Waals surface area contributed by atoms with Gasteiger partial charge in [0.05, 0.1) is 17.4 Å². The van der Waals surface area contributed by atoms with E-state index in [1.54, 1.807) is 6.92 Å². The molecule has 2 heterocycles. The lowest BCUT2D eigenvalue weighted by Crippen LogP contribution is -2.23. The quantitative estimate of drug-likeness (QED) is 0.600. The van der Waals surface area contributed by atoms with E-state index in [1.165, 1.54) is 0 Å². The summed E-state index contributed by atoms with van der Waals surface area (Å²) in [7, 11) is 0. The number of nitrogens with one attached hydrogen (secondary N) is 2. The molecule has 1 unspecified atom stereocenters. The number of halogens is 3. The highest BCUT2D eigenvalue weighted by Gasteiger charge is 2.46. The van der Waals surface area contributed by atoms with Gasteiger partial charge in [0.1, 0.15) is 11.4 Å². The minimum absolute atomic E-state index is 0.0678. The number of hydrogen-bond acceptors (Lipinski definition) is 6. The van der Waals surface area contributed by atoms with Crippen molar-refractivity contribution in [2.45, 2.75) is 51.2 Å². The molecule has 162 valence electrons. The van der Waals surface area contributed by atoms with Gasteiger partial charge in [0.2, 0.25) is 11.9 Å². The topological polar surface area (TPSA) is 111 Å². The van der Waals surface area contributed by atoms with Crippen LogP contribution in [-0.2, 0) is 11.0 Å². The number of hydrogen-bond donors (Lipinski definition) is 3. The van der Waals surface area contributed by atoms with Crippen molar-refractivity contribution in [2.75, 3.05) is 17.2 Å². The first-order chi connectivity index (χ1) is 14.2. The predicted molar refractivity (Wildman–Crippen MR) is 104 cm³/mol. The molecule has 30 heavy (non-hydrogen) atoms. The fourth-order valence-electron chi connectivity index (χ4n) is 3.66. The van der Waals surface area contributed by atoms with E-state index < -0.39 is 11.7 Å². The molecule has 11 heteroatoms. The van der Waals surface area contributed by atoms with Crippen molar-refractivity contribution in [1.29, 1.82) is 0 Å². The van der Waals surface area contributed by atoms with Crippen LogP contribution in [0.25, 0.3) is 0 Å². The van der Waals surface area contributed by atoms with Crippen LogP contribution in [0.15, 0.2) is 12.4 Å². The van der Waals surface area contributed by atoms with Gasteiger partial charge in [-0.3, -0.25) is 9.48 Å². The van der Waals surface area contributed by atoms with Crippen molar-refractivity contribution < 1.29 is 18.0 Å². The van der Waals surface area contributed by atoms with Gasteiger partial charge in [-0.25, -0.2) is 4.98 Å². The maximum atomic E-state index is 13.2. The van der Waals surface area contributed by atoms with Gasteiger partial charge < -0.3 is 16.4 Å². The zero-order valence-corrected chi connectivity index (χ0v) is 16.7. The van der Waals surface area contributed by atoms with E-state index in [0.717, 1.165) is 31.2 Å². The highest BCUT2D eigenvalue weighted by Crippen LogP contribution is 2.50. The molecule has 1 amide bonds. The number of nitrogens with two attached hydrogens (primary N) is 1. The Labute approximate surface area is 171 Å². The van der Waals surface area contributed by atoms with Crippen LogP contribution in [0.2, 0.25) is 0 Å². The average Bonchev–Trinajstić information content (AvgIpc) is 3.59. The summed E-state index contributed by atoms with van der Waals surface area (Å²) in [6, 6.07) is 0.0893. The standard InChI is InChI=1S/C19H24F3N7O/c1-3-24-17-12(19(20,21)22)7-25-18(27-17)26-13-8-29(28-15(13)10-4-5-10)14-6-11(14)9(2)16(23)30/h7-11,14H,3-6H2,1-2H3,(H2,23,30)(H2,24,25,26,27)/t9-,11?,14+/m0/s1. The number of carbonyl (C=O) groups is 1. The molecular formula is C19H24F3N7O. The smallest absolute Gasteiger partial charge is 0.370 e. The molecular weight excluding hydrogens is 399 g/mol. The van der Waals surface area contributed by atoms with E-state index in [2.05, 4.69) is 25.7 Å². The minimum atomic E-state index is -4.54. The zero-order valence-electron chi connectivity index (χ0n) is 16.7. The van der Waals surface area contributed by atoms with Crippen molar-refractivity contribution in [3.8, 4) is 0 Å². The van der Waals surface area contributed by atoms with Crippen molar-refractivity contribution in [2.24, 2.45) is 17.6 Å². The third-order valence-corrected chi connectivity index (χ3v) is 5.64. The fourth-order valence-corrected chi connectivity index (χ4v) is 3.66. The number of primary amides is 1. The van der Waals surface area contributed by atoms with Crippen LogP contribution >= 0.6 is 0 Å². The number of carbonyl (C=O) groups excluding carboxylic acids is 1.